The molecule has 0 saturated carbocycles. The van der Waals surface area contributed by atoms with E-state index in [4.69, 9.17) is 15.0 Å². The lowest BCUT2D eigenvalue weighted by atomic mass is 9.81. The Morgan fingerprint density at radius 2 is 0.864 bits per heavy atom. The zero-order valence-corrected chi connectivity index (χ0v) is 32.6. The first kappa shape index (κ1) is 33.5. The molecule has 3 heterocycles. The van der Waals surface area contributed by atoms with Crippen molar-refractivity contribution in [3.63, 3.8) is 0 Å². The Bertz CT molecular complexity index is 3390. The first-order chi connectivity index (χ1) is 29.1. The van der Waals surface area contributed by atoms with Gasteiger partial charge in [-0.25, -0.2) is 15.0 Å². The molecular formula is C54H37N5. The Hall–Kier alpha value is -7.63. The third-order valence-electron chi connectivity index (χ3n) is 12.3. The van der Waals surface area contributed by atoms with Gasteiger partial charge in [-0.05, 0) is 53.1 Å². The van der Waals surface area contributed by atoms with Gasteiger partial charge in [0.15, 0.2) is 17.5 Å². The van der Waals surface area contributed by atoms with Crippen LogP contribution < -0.4 is 0 Å². The van der Waals surface area contributed by atoms with Crippen LogP contribution in [0.3, 0.4) is 0 Å². The minimum Gasteiger partial charge on any atom is -0.309 e. The number of rotatable bonds is 5. The summed E-state index contributed by atoms with van der Waals surface area (Å²) in [5.74, 6) is 1.92. The van der Waals surface area contributed by atoms with E-state index in [2.05, 4.69) is 175 Å². The van der Waals surface area contributed by atoms with Gasteiger partial charge in [0.1, 0.15) is 0 Å². The van der Waals surface area contributed by atoms with E-state index in [1.165, 1.54) is 60.3 Å². The highest BCUT2D eigenvalue weighted by molar-refractivity contribution is 6.33. The number of hydrogen-bond acceptors (Lipinski definition) is 3. The maximum absolute atomic E-state index is 5.13. The second-order valence-electron chi connectivity index (χ2n) is 16.0. The summed E-state index contributed by atoms with van der Waals surface area (Å²) >= 11 is 0. The highest BCUT2D eigenvalue weighted by atomic mass is 15.0. The number of nitrogens with zero attached hydrogens (tertiary/aromatic N) is 5. The average molecular weight is 756 g/mol. The zero-order valence-electron chi connectivity index (χ0n) is 32.6. The third-order valence-corrected chi connectivity index (χ3v) is 12.3. The summed E-state index contributed by atoms with van der Waals surface area (Å²) in [6.07, 6.45) is 0. The van der Waals surface area contributed by atoms with Crippen LogP contribution in [0.25, 0.3) is 100 Å². The van der Waals surface area contributed by atoms with Crippen LogP contribution in [0.4, 0.5) is 0 Å². The molecule has 59 heavy (non-hydrogen) atoms. The maximum Gasteiger partial charge on any atom is 0.164 e. The molecule has 0 fully saturated rings. The van der Waals surface area contributed by atoms with Crippen molar-refractivity contribution in [1.29, 1.82) is 0 Å². The molecule has 0 aliphatic heterocycles. The van der Waals surface area contributed by atoms with Gasteiger partial charge in [0.2, 0.25) is 0 Å². The molecule has 5 nitrogen and oxygen atoms in total. The number of para-hydroxylation sites is 3. The molecule has 0 unspecified atom stereocenters. The van der Waals surface area contributed by atoms with Gasteiger partial charge in [0.25, 0.3) is 0 Å². The maximum atomic E-state index is 5.13. The van der Waals surface area contributed by atoms with Crippen molar-refractivity contribution in [2.45, 2.75) is 19.3 Å². The third kappa shape index (κ3) is 4.88. The van der Waals surface area contributed by atoms with Crippen LogP contribution in [0.15, 0.2) is 188 Å². The van der Waals surface area contributed by atoms with Crippen molar-refractivity contribution in [2.24, 2.45) is 0 Å². The summed E-state index contributed by atoms with van der Waals surface area (Å²) in [7, 11) is 0. The Morgan fingerprint density at radius 3 is 1.49 bits per heavy atom. The van der Waals surface area contributed by atoms with E-state index < -0.39 is 0 Å². The molecule has 0 amide bonds. The van der Waals surface area contributed by atoms with Gasteiger partial charge < -0.3 is 9.13 Å². The minimum absolute atomic E-state index is 0.302. The molecule has 1 aliphatic rings. The van der Waals surface area contributed by atoms with Crippen molar-refractivity contribution >= 4 is 43.6 Å². The summed E-state index contributed by atoms with van der Waals surface area (Å²) in [6.45, 7) is 4.80. The van der Waals surface area contributed by atoms with Crippen molar-refractivity contribution in [2.75, 3.05) is 0 Å². The van der Waals surface area contributed by atoms with Gasteiger partial charge in [-0.15, -0.1) is 0 Å². The van der Waals surface area contributed by atoms with E-state index in [1.54, 1.807) is 0 Å². The molecule has 0 bridgehead atoms. The number of hydrogen-bond donors (Lipinski definition) is 0. The Balaban J connectivity index is 1.21. The van der Waals surface area contributed by atoms with Crippen LogP contribution in [-0.2, 0) is 5.41 Å². The molecular weight excluding hydrogens is 719 g/mol. The van der Waals surface area contributed by atoms with E-state index in [-0.39, 0.29) is 5.41 Å². The predicted molar refractivity (Wildman–Crippen MR) is 242 cm³/mol. The molecule has 0 saturated heterocycles. The van der Waals surface area contributed by atoms with Gasteiger partial charge in [0, 0.05) is 60.6 Å². The highest BCUT2D eigenvalue weighted by Gasteiger charge is 2.41. The standard InChI is InChI=1S/C54H37N5/c1-54(2)42-30-15-12-27-39(42)47-48(54)50-46(45-40-28-13-16-31-43(40)58(49(45)47)37-24-10-5-11-25-37)41-29-14-17-32-44(41)59(50)38-26-18-23-36(33-38)53-56-51(34-19-6-3-7-20-34)55-52(57-53)35-21-8-4-9-22-35/h3-33H,1-2H3. The summed E-state index contributed by atoms with van der Waals surface area (Å²) < 4.78 is 5.01. The normalized spacial score (nSPS) is 13.1. The van der Waals surface area contributed by atoms with E-state index in [9.17, 15) is 0 Å². The summed E-state index contributed by atoms with van der Waals surface area (Å²) in [4.78, 5) is 15.2. The second kappa shape index (κ2) is 12.7. The fraction of sp³-hybridized carbons (Fsp3) is 0.0556. The predicted octanol–water partition coefficient (Wildman–Crippen LogP) is 13.4. The fourth-order valence-electron chi connectivity index (χ4n) is 9.78. The summed E-state index contributed by atoms with van der Waals surface area (Å²) in [6, 6.07) is 66.8. The molecule has 11 aromatic rings. The molecule has 278 valence electrons. The highest BCUT2D eigenvalue weighted by Crippen LogP contribution is 2.58. The van der Waals surface area contributed by atoms with Crippen LogP contribution >= 0.6 is 0 Å². The minimum atomic E-state index is -0.302. The fourth-order valence-corrected chi connectivity index (χ4v) is 9.78. The lowest BCUT2D eigenvalue weighted by Gasteiger charge is -2.24. The van der Waals surface area contributed by atoms with Gasteiger partial charge in [-0.2, -0.15) is 0 Å². The molecule has 8 aromatic carbocycles. The van der Waals surface area contributed by atoms with E-state index in [0.29, 0.717) is 17.5 Å². The van der Waals surface area contributed by atoms with Crippen molar-refractivity contribution in [3.05, 3.63) is 199 Å². The Kier molecular flexibility index (Phi) is 7.20. The number of benzene rings is 8. The molecule has 0 spiro atoms. The summed E-state index contributed by atoms with van der Waals surface area (Å²) in [5.41, 5.74) is 14.8. The molecule has 5 heteroatoms. The van der Waals surface area contributed by atoms with Crippen LogP contribution in [0.5, 0.6) is 0 Å². The number of aromatic nitrogens is 5. The van der Waals surface area contributed by atoms with Gasteiger partial charge in [0.05, 0.1) is 22.1 Å². The SMILES string of the molecule is CC1(C)c2ccccc2-c2c1c1c(c3ccccc3n1-c1cccc(-c3nc(-c4ccccc4)nc(-c4ccccc4)n3)c1)c1c3ccccc3n(-c3ccccc3)c21. The van der Waals surface area contributed by atoms with Crippen molar-refractivity contribution in [1.82, 2.24) is 24.1 Å². The quantitative estimate of drug-likeness (QED) is 0.176. The van der Waals surface area contributed by atoms with Crippen LogP contribution in [-0.4, -0.2) is 24.1 Å². The monoisotopic (exact) mass is 755 g/mol. The zero-order chi connectivity index (χ0) is 39.2. The second-order valence-corrected chi connectivity index (χ2v) is 16.0. The summed E-state index contributed by atoms with van der Waals surface area (Å²) in [5, 5.41) is 5.00. The van der Waals surface area contributed by atoms with Crippen molar-refractivity contribution in [3.8, 4) is 56.7 Å². The van der Waals surface area contributed by atoms with Crippen LogP contribution in [0.2, 0.25) is 0 Å². The lowest BCUT2D eigenvalue weighted by Crippen LogP contribution is -2.16. The first-order valence-corrected chi connectivity index (χ1v) is 20.2. The Labute approximate surface area is 341 Å². The molecule has 12 rings (SSSR count). The Morgan fingerprint density at radius 1 is 0.407 bits per heavy atom. The molecule has 3 aromatic heterocycles. The van der Waals surface area contributed by atoms with E-state index >= 15 is 0 Å². The molecule has 0 N–H and O–H groups in total. The van der Waals surface area contributed by atoms with Crippen LogP contribution in [0, 0.1) is 0 Å². The smallest absolute Gasteiger partial charge is 0.164 e. The van der Waals surface area contributed by atoms with Gasteiger partial charge in [-0.1, -0.05) is 166 Å². The van der Waals surface area contributed by atoms with Gasteiger partial charge >= 0.3 is 0 Å². The number of fused-ring (bicyclic) bond motifs is 12. The first-order valence-electron chi connectivity index (χ1n) is 20.2. The van der Waals surface area contributed by atoms with E-state index in [0.717, 1.165) is 33.6 Å². The van der Waals surface area contributed by atoms with Crippen LogP contribution in [0.1, 0.15) is 25.0 Å². The largest absolute Gasteiger partial charge is 0.309 e. The molecule has 0 radical (unpaired) electrons. The lowest BCUT2D eigenvalue weighted by molar-refractivity contribution is 0.664. The topological polar surface area (TPSA) is 48.5 Å². The molecule has 1 aliphatic carbocycles. The van der Waals surface area contributed by atoms with Crippen molar-refractivity contribution < 1.29 is 0 Å². The average Bonchev–Trinajstić information content (AvgIpc) is 3.90. The molecule has 0 atom stereocenters. The van der Waals surface area contributed by atoms with E-state index in [1.807, 2.05) is 36.4 Å². The van der Waals surface area contributed by atoms with Gasteiger partial charge in [-0.3, -0.25) is 0 Å².